The lowest BCUT2D eigenvalue weighted by Gasteiger charge is -2.24. The highest BCUT2D eigenvalue weighted by atomic mass is 19.3. The minimum absolute atomic E-state index is 0.0244. The van der Waals surface area contributed by atoms with E-state index in [0.717, 1.165) is 11.4 Å². The van der Waals surface area contributed by atoms with E-state index in [9.17, 15) is 13.6 Å². The van der Waals surface area contributed by atoms with Crippen molar-refractivity contribution in [3.05, 3.63) is 78.6 Å². The summed E-state index contributed by atoms with van der Waals surface area (Å²) in [5.74, 6) is 0.0664. The fourth-order valence-corrected chi connectivity index (χ4v) is 3.54. The summed E-state index contributed by atoms with van der Waals surface area (Å²) in [5.41, 5.74) is 3.03. The molecule has 5 aromatic heterocycles. The largest absolute Gasteiger partial charge is 0.433 e. The van der Waals surface area contributed by atoms with Crippen LogP contribution in [-0.4, -0.2) is 58.7 Å². The quantitative estimate of drug-likeness (QED) is 0.416. The number of nitrogens with zero attached hydrogens (tertiary/aromatic N) is 7. The van der Waals surface area contributed by atoms with Gasteiger partial charge in [0, 0.05) is 25.4 Å². The van der Waals surface area contributed by atoms with E-state index in [4.69, 9.17) is 4.42 Å². The molecule has 0 radical (unpaired) electrons. The molecule has 1 N–H and O–H groups in total. The van der Waals surface area contributed by atoms with Gasteiger partial charge in [-0.2, -0.15) is 13.9 Å². The Hall–Kier alpha value is -4.68. The zero-order valence-electron chi connectivity index (χ0n) is 18.1. The molecule has 6 rings (SSSR count). The first-order valence-corrected chi connectivity index (χ1v) is 10.5. The molecule has 13 heteroatoms. The Labute approximate surface area is 196 Å². The van der Waals surface area contributed by atoms with Gasteiger partial charge in [0.2, 0.25) is 0 Å². The van der Waals surface area contributed by atoms with Crippen LogP contribution in [-0.2, 0) is 13.0 Å². The van der Waals surface area contributed by atoms with Crippen molar-refractivity contribution in [2.24, 2.45) is 0 Å². The number of amides is 1. The summed E-state index contributed by atoms with van der Waals surface area (Å²) in [7, 11) is 0. The number of aromatic amines is 1. The number of carbonyl (C=O) groups excluding carboxylic acids is 1. The van der Waals surface area contributed by atoms with Crippen LogP contribution in [0.25, 0.3) is 17.1 Å². The number of rotatable bonds is 4. The van der Waals surface area contributed by atoms with Gasteiger partial charge >= 0.3 is 18.4 Å². The van der Waals surface area contributed by atoms with Crippen LogP contribution in [0.2, 0.25) is 0 Å². The summed E-state index contributed by atoms with van der Waals surface area (Å²) < 4.78 is 35.0. The smallest absolute Gasteiger partial charge is 0.387 e. The fourth-order valence-electron chi connectivity index (χ4n) is 3.54. The Kier molecular flexibility index (Phi) is 6.11. The van der Waals surface area contributed by atoms with Crippen LogP contribution in [0.15, 0.2) is 65.7 Å². The number of ether oxygens (including phenoxy) is 1. The average molecular weight is 480 g/mol. The van der Waals surface area contributed by atoms with E-state index in [1.807, 2.05) is 6.07 Å². The minimum atomic E-state index is -2.80. The van der Waals surface area contributed by atoms with Crippen molar-refractivity contribution in [3.8, 4) is 17.3 Å². The van der Waals surface area contributed by atoms with Gasteiger partial charge in [-0.1, -0.05) is 6.07 Å². The van der Waals surface area contributed by atoms with E-state index in [1.54, 1.807) is 47.9 Å². The molecule has 0 saturated heterocycles. The van der Waals surface area contributed by atoms with Gasteiger partial charge in [-0.3, -0.25) is 9.78 Å². The number of pyridine rings is 2. The van der Waals surface area contributed by atoms with Gasteiger partial charge in [0.05, 0.1) is 30.5 Å². The zero-order valence-corrected chi connectivity index (χ0v) is 18.1. The monoisotopic (exact) mass is 480 g/mol. The van der Waals surface area contributed by atoms with Gasteiger partial charge < -0.3 is 19.0 Å². The van der Waals surface area contributed by atoms with Crippen molar-refractivity contribution in [1.82, 2.24) is 39.7 Å². The predicted molar refractivity (Wildman–Crippen MR) is 116 cm³/mol. The maximum Gasteiger partial charge on any atom is 0.387 e. The van der Waals surface area contributed by atoms with Crippen LogP contribution < -0.4 is 4.74 Å². The van der Waals surface area contributed by atoms with Crippen molar-refractivity contribution < 1.29 is 22.7 Å². The lowest BCUT2D eigenvalue weighted by molar-refractivity contribution is -0.0490. The molecular formula is C22H18F2N8O3. The van der Waals surface area contributed by atoms with Gasteiger partial charge in [0.25, 0.3) is 5.89 Å². The SMILES string of the molecule is FC(F)Oc1cccn2nccc12.O=C(c1nnc(-c2ccccn2)o1)N1CCc2nc[nH]c2C1. The highest BCUT2D eigenvalue weighted by Crippen LogP contribution is 2.21. The number of hydrogen-bond acceptors (Lipinski definition) is 8. The van der Waals surface area contributed by atoms with E-state index < -0.39 is 6.61 Å². The van der Waals surface area contributed by atoms with E-state index in [2.05, 4.69) is 35.0 Å². The Morgan fingerprint density at radius 2 is 2.03 bits per heavy atom. The van der Waals surface area contributed by atoms with Gasteiger partial charge in [-0.15, -0.1) is 10.2 Å². The highest BCUT2D eigenvalue weighted by molar-refractivity contribution is 5.89. The lowest BCUT2D eigenvalue weighted by atomic mass is 10.1. The molecule has 178 valence electrons. The number of aromatic nitrogens is 7. The molecule has 0 spiro atoms. The topological polar surface area (TPSA) is 127 Å². The first kappa shape index (κ1) is 22.1. The van der Waals surface area contributed by atoms with Crippen LogP contribution in [0, 0.1) is 0 Å². The molecular weight excluding hydrogens is 462 g/mol. The van der Waals surface area contributed by atoms with Crippen molar-refractivity contribution in [3.63, 3.8) is 0 Å². The second kappa shape index (κ2) is 9.67. The molecule has 0 atom stereocenters. The van der Waals surface area contributed by atoms with Crippen LogP contribution >= 0.6 is 0 Å². The van der Waals surface area contributed by atoms with Gasteiger partial charge in [-0.25, -0.2) is 9.50 Å². The number of imidazole rings is 1. The van der Waals surface area contributed by atoms with Crippen molar-refractivity contribution in [2.45, 2.75) is 19.6 Å². The number of nitrogens with one attached hydrogen (secondary N) is 1. The molecule has 0 bridgehead atoms. The zero-order chi connectivity index (χ0) is 24.2. The molecule has 35 heavy (non-hydrogen) atoms. The van der Waals surface area contributed by atoms with Crippen molar-refractivity contribution >= 4 is 11.4 Å². The maximum absolute atomic E-state index is 12.5. The summed E-state index contributed by atoms with van der Waals surface area (Å²) in [4.78, 5) is 25.5. The van der Waals surface area contributed by atoms with Crippen LogP contribution in [0.5, 0.6) is 5.75 Å². The normalized spacial score (nSPS) is 12.8. The Morgan fingerprint density at radius 3 is 2.86 bits per heavy atom. The predicted octanol–water partition coefficient (Wildman–Crippen LogP) is 2.99. The summed E-state index contributed by atoms with van der Waals surface area (Å²) in [6, 6.07) is 10.0. The van der Waals surface area contributed by atoms with E-state index in [0.29, 0.717) is 30.7 Å². The van der Waals surface area contributed by atoms with Crippen LogP contribution in [0.1, 0.15) is 22.1 Å². The molecule has 11 nitrogen and oxygen atoms in total. The Bertz CT molecular complexity index is 1430. The summed E-state index contributed by atoms with van der Waals surface area (Å²) in [6.07, 6.45) is 7.17. The van der Waals surface area contributed by atoms with Crippen LogP contribution in [0.4, 0.5) is 8.78 Å². The van der Waals surface area contributed by atoms with E-state index in [-0.39, 0.29) is 23.4 Å². The average Bonchev–Trinajstić information content (AvgIpc) is 3.65. The molecule has 1 aliphatic rings. The summed E-state index contributed by atoms with van der Waals surface area (Å²) in [5, 5.41) is 11.6. The van der Waals surface area contributed by atoms with Gasteiger partial charge in [-0.05, 0) is 30.3 Å². The number of halogens is 2. The van der Waals surface area contributed by atoms with Gasteiger partial charge in [0.15, 0.2) is 5.75 Å². The molecule has 0 aromatic carbocycles. The molecule has 5 aromatic rings. The second-order valence-electron chi connectivity index (χ2n) is 7.34. The number of alkyl halides is 2. The minimum Gasteiger partial charge on any atom is -0.433 e. The first-order chi connectivity index (χ1) is 17.1. The molecule has 0 saturated carbocycles. The lowest BCUT2D eigenvalue weighted by Crippen LogP contribution is -2.36. The van der Waals surface area contributed by atoms with E-state index >= 15 is 0 Å². The maximum atomic E-state index is 12.5. The molecule has 0 aliphatic carbocycles. The first-order valence-electron chi connectivity index (χ1n) is 10.5. The Morgan fingerprint density at radius 1 is 1.11 bits per heavy atom. The summed E-state index contributed by atoms with van der Waals surface area (Å²) in [6.45, 7) is -1.76. The second-order valence-corrected chi connectivity index (χ2v) is 7.34. The fraction of sp³-hybridized carbons (Fsp3) is 0.182. The third kappa shape index (κ3) is 4.83. The highest BCUT2D eigenvalue weighted by Gasteiger charge is 2.27. The number of fused-ring (bicyclic) bond motifs is 2. The number of H-pyrrole nitrogens is 1. The van der Waals surface area contributed by atoms with E-state index in [1.165, 1.54) is 16.8 Å². The molecule has 0 fully saturated rings. The Balaban J connectivity index is 0.000000166. The van der Waals surface area contributed by atoms with Gasteiger partial charge in [0.1, 0.15) is 11.2 Å². The molecule has 6 heterocycles. The number of carbonyl (C=O) groups is 1. The van der Waals surface area contributed by atoms with Crippen molar-refractivity contribution in [2.75, 3.05) is 6.54 Å². The third-order valence-electron chi connectivity index (χ3n) is 5.17. The van der Waals surface area contributed by atoms with Crippen molar-refractivity contribution in [1.29, 1.82) is 0 Å². The van der Waals surface area contributed by atoms with Crippen LogP contribution in [0.3, 0.4) is 0 Å². The third-order valence-corrected chi connectivity index (χ3v) is 5.17. The number of hydrogen-bond donors (Lipinski definition) is 1. The molecule has 1 amide bonds. The molecule has 0 unspecified atom stereocenters. The molecule has 1 aliphatic heterocycles. The summed E-state index contributed by atoms with van der Waals surface area (Å²) >= 11 is 0. The standard InChI is InChI=1S/C14H12N6O2.C8H6F2N2O/c21-14(20-6-4-9-11(7-20)17-8-16-9)13-19-18-12(22-13)10-3-1-2-5-15-10;9-8(10)13-7-2-1-5-12-6(7)3-4-11-12/h1-3,5,8H,4,6-7H2,(H,16,17);1-5,8H.